The lowest BCUT2D eigenvalue weighted by atomic mass is 10.1. The van der Waals surface area contributed by atoms with Gasteiger partial charge in [0.2, 0.25) is 0 Å². The second-order valence-electron chi connectivity index (χ2n) is 17.0. The Bertz CT molecular complexity index is 1280. The van der Waals surface area contributed by atoms with E-state index in [1.807, 2.05) is 21.1 Å². The zero-order chi connectivity index (χ0) is 45.5. The number of ether oxygens (including phenoxy) is 2. The van der Waals surface area contributed by atoms with E-state index in [1.165, 1.54) is 70.3 Å². The summed E-state index contributed by atoms with van der Waals surface area (Å²) in [5.41, 5.74) is 0. The number of rotatable bonds is 41. The fourth-order valence-electron chi connectivity index (χ4n) is 6.03. The molecule has 61 heavy (non-hydrogen) atoms. The fraction of sp³-hybridized carbons (Fsp3) is 0.750. The molecule has 0 heterocycles. The average molecular weight is 884 g/mol. The van der Waals surface area contributed by atoms with Crippen LogP contribution in [0.5, 0.6) is 0 Å². The maximum atomic E-state index is 12.7. The summed E-state index contributed by atoms with van der Waals surface area (Å²) >= 11 is 0. The van der Waals surface area contributed by atoms with Crippen molar-refractivity contribution in [1.29, 1.82) is 0 Å². The number of aliphatic hydroxyl groups excluding tert-OH is 3. The van der Waals surface area contributed by atoms with E-state index >= 15 is 0 Å². The van der Waals surface area contributed by atoms with Crippen molar-refractivity contribution in [3.63, 3.8) is 0 Å². The van der Waals surface area contributed by atoms with Crippen LogP contribution in [0.3, 0.4) is 0 Å². The number of quaternary nitrogens is 1. The summed E-state index contributed by atoms with van der Waals surface area (Å²) in [6, 6.07) is 0. The summed E-state index contributed by atoms with van der Waals surface area (Å²) in [6.07, 6.45) is 36.1. The van der Waals surface area contributed by atoms with Crippen LogP contribution in [0.4, 0.5) is 0 Å². The molecule has 0 fully saturated rings. The molecule has 0 aliphatic carbocycles. The van der Waals surface area contributed by atoms with Gasteiger partial charge in [-0.2, -0.15) is 0 Å². The molecule has 0 rings (SSSR count). The number of esters is 2. The highest BCUT2D eigenvalue weighted by Crippen LogP contribution is 2.38. The summed E-state index contributed by atoms with van der Waals surface area (Å²) in [6.45, 7) is 3.70. The molecule has 5 atom stereocenters. The van der Waals surface area contributed by atoms with Crippen LogP contribution in [0, 0.1) is 0 Å². The third kappa shape index (κ3) is 41.4. The van der Waals surface area contributed by atoms with Gasteiger partial charge in [-0.1, -0.05) is 158 Å². The molecule has 3 N–H and O–H groups in total. The van der Waals surface area contributed by atoms with Crippen molar-refractivity contribution < 1.29 is 57.4 Å². The quantitative estimate of drug-likeness (QED) is 0.0133. The molecule has 0 amide bonds. The molecule has 13 heteroatoms. The Labute approximate surface area is 370 Å². The molecule has 0 saturated carbocycles. The number of phosphoric ester groups is 1. The average Bonchev–Trinajstić information content (AvgIpc) is 3.20. The molecule has 0 saturated heterocycles. The van der Waals surface area contributed by atoms with E-state index in [1.54, 1.807) is 42.5 Å². The minimum absolute atomic E-state index is 0.0956. The Hall–Kier alpha value is -2.41. The third-order valence-electron chi connectivity index (χ3n) is 9.88. The number of nitrogens with zero attached hydrogens (tertiary/aromatic N) is 1. The summed E-state index contributed by atoms with van der Waals surface area (Å²) in [5.74, 6) is -1.17. The fourth-order valence-corrected chi connectivity index (χ4v) is 6.76. The van der Waals surface area contributed by atoms with Crippen LogP contribution in [0.25, 0.3) is 0 Å². The van der Waals surface area contributed by atoms with E-state index in [-0.39, 0.29) is 38.9 Å². The first-order valence-electron chi connectivity index (χ1n) is 23.3. The van der Waals surface area contributed by atoms with Gasteiger partial charge in [0.15, 0.2) is 6.10 Å². The molecule has 0 aliphatic rings. The van der Waals surface area contributed by atoms with Gasteiger partial charge in [0.25, 0.3) is 7.82 Å². The first-order valence-corrected chi connectivity index (χ1v) is 24.8. The Balaban J connectivity index is 4.66. The molecular formula is C48H86NO11P. The van der Waals surface area contributed by atoms with Gasteiger partial charge < -0.3 is 43.2 Å². The highest BCUT2D eigenvalue weighted by Gasteiger charge is 2.22. The monoisotopic (exact) mass is 884 g/mol. The number of aliphatic hydroxyl groups is 3. The molecule has 1 unspecified atom stereocenters. The van der Waals surface area contributed by atoms with E-state index in [4.69, 9.17) is 18.5 Å². The molecule has 0 aromatic carbocycles. The topological polar surface area (TPSA) is 172 Å². The minimum atomic E-state index is -4.73. The highest BCUT2D eigenvalue weighted by molar-refractivity contribution is 7.45. The summed E-state index contributed by atoms with van der Waals surface area (Å²) in [4.78, 5) is 37.7. The number of hydrogen-bond acceptors (Lipinski definition) is 11. The SMILES string of the molecule is CCCCCCCC/C=C\CCCCCCCCCC(=O)OC[C@H](COP(=O)([O-])OCC[N+](C)(C)C)OC(=O)CCC[C@H](O)[C@@H](O)/C=C/C=C/C=C\C=C\[C@@H](O)CCCCC. The third-order valence-corrected chi connectivity index (χ3v) is 10.8. The van der Waals surface area contributed by atoms with Crippen LogP contribution in [-0.2, 0) is 32.7 Å². The second-order valence-corrected chi connectivity index (χ2v) is 18.4. The summed E-state index contributed by atoms with van der Waals surface area (Å²) in [7, 11) is 0.940. The maximum Gasteiger partial charge on any atom is 0.306 e. The van der Waals surface area contributed by atoms with Crippen LogP contribution >= 0.6 is 7.82 Å². The highest BCUT2D eigenvalue weighted by atomic mass is 31.2. The van der Waals surface area contributed by atoms with Crippen molar-refractivity contribution in [2.24, 2.45) is 0 Å². The first kappa shape index (κ1) is 58.6. The number of carbonyl (C=O) groups is 2. The molecular weight excluding hydrogens is 797 g/mol. The predicted octanol–water partition coefficient (Wildman–Crippen LogP) is 9.53. The van der Waals surface area contributed by atoms with Crippen molar-refractivity contribution in [1.82, 2.24) is 0 Å². The van der Waals surface area contributed by atoms with E-state index in [0.29, 0.717) is 17.4 Å². The lowest BCUT2D eigenvalue weighted by Crippen LogP contribution is -2.37. The molecule has 12 nitrogen and oxygen atoms in total. The van der Waals surface area contributed by atoms with E-state index in [9.17, 15) is 34.4 Å². The van der Waals surface area contributed by atoms with Crippen LogP contribution in [-0.4, -0.2) is 104 Å². The lowest BCUT2D eigenvalue weighted by Gasteiger charge is -2.28. The number of likely N-dealkylation sites (N-methyl/N-ethyl adjacent to an activating group) is 1. The van der Waals surface area contributed by atoms with Crippen LogP contribution in [0.2, 0.25) is 0 Å². The largest absolute Gasteiger partial charge is 0.756 e. The van der Waals surface area contributed by atoms with Gasteiger partial charge in [0, 0.05) is 12.8 Å². The summed E-state index contributed by atoms with van der Waals surface area (Å²) < 4.78 is 33.6. The van der Waals surface area contributed by atoms with Gasteiger partial charge in [0.05, 0.1) is 46.1 Å². The second kappa shape index (κ2) is 39.2. The molecule has 0 radical (unpaired) electrons. The van der Waals surface area contributed by atoms with Crippen molar-refractivity contribution >= 4 is 19.8 Å². The van der Waals surface area contributed by atoms with Crippen molar-refractivity contribution in [2.45, 2.75) is 186 Å². The van der Waals surface area contributed by atoms with Crippen molar-refractivity contribution in [3.05, 3.63) is 60.8 Å². The van der Waals surface area contributed by atoms with E-state index < -0.39 is 50.8 Å². The summed E-state index contributed by atoms with van der Waals surface area (Å²) in [5, 5.41) is 30.6. The lowest BCUT2D eigenvalue weighted by molar-refractivity contribution is -0.870. The molecule has 0 bridgehead atoms. The number of phosphoric acid groups is 1. The zero-order valence-electron chi connectivity index (χ0n) is 38.7. The Morgan fingerprint density at radius 2 is 1.15 bits per heavy atom. The van der Waals surface area contributed by atoms with Gasteiger partial charge in [-0.25, -0.2) is 0 Å². The van der Waals surface area contributed by atoms with E-state index in [2.05, 4.69) is 26.0 Å². The molecule has 354 valence electrons. The molecule has 0 aliphatic heterocycles. The first-order chi connectivity index (χ1) is 29.2. The molecule has 0 aromatic rings. The van der Waals surface area contributed by atoms with Crippen molar-refractivity contribution in [2.75, 3.05) is 47.5 Å². The van der Waals surface area contributed by atoms with Crippen LogP contribution in [0.15, 0.2) is 60.8 Å². The number of hydrogen-bond donors (Lipinski definition) is 3. The van der Waals surface area contributed by atoms with E-state index in [0.717, 1.165) is 51.4 Å². The maximum absolute atomic E-state index is 12.7. The minimum Gasteiger partial charge on any atom is -0.756 e. The predicted molar refractivity (Wildman–Crippen MR) is 245 cm³/mol. The zero-order valence-corrected chi connectivity index (χ0v) is 39.6. The number of carbonyl (C=O) groups excluding carboxylic acids is 2. The van der Waals surface area contributed by atoms with Crippen molar-refractivity contribution in [3.8, 4) is 0 Å². The molecule has 0 spiro atoms. The van der Waals surface area contributed by atoms with Crippen LogP contribution < -0.4 is 4.89 Å². The van der Waals surface area contributed by atoms with Crippen LogP contribution in [0.1, 0.15) is 162 Å². The van der Waals surface area contributed by atoms with Gasteiger partial charge in [-0.15, -0.1) is 0 Å². The Morgan fingerprint density at radius 3 is 1.75 bits per heavy atom. The van der Waals surface area contributed by atoms with Gasteiger partial charge in [-0.3, -0.25) is 14.2 Å². The smallest absolute Gasteiger partial charge is 0.306 e. The van der Waals surface area contributed by atoms with Gasteiger partial charge >= 0.3 is 11.9 Å². The van der Waals surface area contributed by atoms with Gasteiger partial charge in [0.1, 0.15) is 19.8 Å². The van der Waals surface area contributed by atoms with Gasteiger partial charge in [-0.05, 0) is 51.4 Å². The standard InChI is InChI=1S/C48H86NO11P/c1-6-8-10-11-12-13-14-15-16-17-18-19-20-21-22-27-31-37-47(53)57-41-44(42-59-61(55,56)58-40-39-49(3,4)5)60-48(54)38-32-36-46(52)45(51)35-30-26-24-23-25-29-34-43(50)33-28-9-7-2/h15-16,23-26,29-30,34-35,43-46,50-52H,6-14,17-22,27-28,31-33,36-42H2,1-5H3/b16-15-,25-23-,26-24+,34-29+,35-30+/t43-,44+,45-,46-/m0/s1. The normalized spacial score (nSPS) is 15.6. The Kier molecular flexibility index (Phi) is 37.7. The number of unbranched alkanes of at least 4 members (excludes halogenated alkanes) is 15. The molecule has 0 aromatic heterocycles. The Morgan fingerprint density at radius 1 is 0.623 bits per heavy atom. The number of allylic oxidation sites excluding steroid dienone is 8.